The highest BCUT2D eigenvalue weighted by molar-refractivity contribution is 6.31. The van der Waals surface area contributed by atoms with Crippen LogP contribution in [0.3, 0.4) is 0 Å². The van der Waals surface area contributed by atoms with Gasteiger partial charge in [-0.25, -0.2) is 4.79 Å². The van der Waals surface area contributed by atoms with E-state index in [0.717, 1.165) is 11.0 Å². The normalized spacial score (nSPS) is 12.7. The number of alkyl halides is 3. The molecule has 1 heterocycles. The number of hydrogen-bond acceptors (Lipinski definition) is 5. The number of carbonyl (C=O) groups excluding carboxylic acids is 3. The second kappa shape index (κ2) is 9.95. The molecule has 0 unspecified atom stereocenters. The Morgan fingerprint density at radius 2 is 1.91 bits per heavy atom. The van der Waals surface area contributed by atoms with Crippen LogP contribution in [0.15, 0.2) is 48.0 Å². The third-order valence-corrected chi connectivity index (χ3v) is 4.91. The van der Waals surface area contributed by atoms with Gasteiger partial charge in [-0.15, -0.1) is 0 Å². The second-order valence-electron chi connectivity index (χ2n) is 7.06. The van der Waals surface area contributed by atoms with Gasteiger partial charge in [0, 0.05) is 18.3 Å². The summed E-state index contributed by atoms with van der Waals surface area (Å²) in [4.78, 5) is 37.5. The van der Waals surface area contributed by atoms with E-state index in [2.05, 4.69) is 5.32 Å². The Morgan fingerprint density at radius 1 is 1.18 bits per heavy atom. The highest BCUT2D eigenvalue weighted by Crippen LogP contribution is 2.36. The molecule has 2 aromatic rings. The molecule has 0 bridgehead atoms. The summed E-state index contributed by atoms with van der Waals surface area (Å²) < 4.78 is 49.3. The average molecular weight is 483 g/mol. The van der Waals surface area contributed by atoms with Crippen molar-refractivity contribution >= 4 is 41.1 Å². The molecular formula is C22H18ClF3N2O5. The number of nitrogens with one attached hydrogen (secondary N) is 1. The molecule has 0 aliphatic carbocycles. The number of para-hydroxylation sites is 1. The number of carbonyl (C=O) groups is 3. The van der Waals surface area contributed by atoms with E-state index in [-0.39, 0.29) is 17.9 Å². The molecular weight excluding hydrogens is 465 g/mol. The van der Waals surface area contributed by atoms with Crippen molar-refractivity contribution < 1.29 is 37.0 Å². The van der Waals surface area contributed by atoms with Crippen LogP contribution < -0.4 is 10.1 Å². The van der Waals surface area contributed by atoms with E-state index >= 15 is 0 Å². The zero-order chi connectivity index (χ0) is 24.2. The summed E-state index contributed by atoms with van der Waals surface area (Å²) in [6.45, 7) is -1.11. The Hall–Kier alpha value is -3.53. The molecule has 0 spiro atoms. The molecule has 1 N–H and O–H groups in total. The van der Waals surface area contributed by atoms with Crippen molar-refractivity contribution in [3.8, 4) is 5.75 Å². The summed E-state index contributed by atoms with van der Waals surface area (Å²) in [7, 11) is 1.29. The number of ether oxygens (including phenoxy) is 2. The molecule has 2 amide bonds. The lowest BCUT2D eigenvalue weighted by Gasteiger charge is -2.19. The third kappa shape index (κ3) is 6.26. The Labute approximate surface area is 191 Å². The number of likely N-dealkylation sites (N-methyl/N-ethyl adjacent to an activating group) is 1. The minimum absolute atomic E-state index is 0.0106. The third-order valence-electron chi connectivity index (χ3n) is 4.58. The maximum absolute atomic E-state index is 12.9. The molecule has 33 heavy (non-hydrogen) atoms. The molecule has 0 aromatic heterocycles. The van der Waals surface area contributed by atoms with Crippen LogP contribution in [0.4, 0.5) is 18.9 Å². The van der Waals surface area contributed by atoms with Crippen molar-refractivity contribution in [2.24, 2.45) is 0 Å². The van der Waals surface area contributed by atoms with Gasteiger partial charge in [-0.05, 0) is 30.3 Å². The van der Waals surface area contributed by atoms with Crippen LogP contribution in [-0.2, 0) is 25.3 Å². The van der Waals surface area contributed by atoms with Crippen LogP contribution in [0.5, 0.6) is 5.75 Å². The van der Waals surface area contributed by atoms with Crippen molar-refractivity contribution in [1.29, 1.82) is 0 Å². The quantitative estimate of drug-likeness (QED) is 0.633. The minimum Gasteiger partial charge on any atom is -0.488 e. The van der Waals surface area contributed by atoms with Gasteiger partial charge in [0.25, 0.3) is 5.91 Å². The molecule has 0 saturated heterocycles. The zero-order valence-electron chi connectivity index (χ0n) is 17.2. The molecule has 1 aliphatic rings. The maximum atomic E-state index is 12.9. The van der Waals surface area contributed by atoms with Gasteiger partial charge in [0.05, 0.1) is 22.7 Å². The standard InChI is InChI=1S/C22H18ClF3N2O5/c1-28(10-19(29)27-15-6-7-17(23)16(9-15)22(24,25)26)20(30)12-33-21(31)14-8-13-4-2-3-5-18(13)32-11-14/h2-9H,10-12H2,1H3,(H,27,29). The van der Waals surface area contributed by atoms with E-state index in [1.54, 1.807) is 30.3 Å². The molecule has 1 aliphatic heterocycles. The van der Waals surface area contributed by atoms with Crippen LogP contribution in [0.2, 0.25) is 5.02 Å². The van der Waals surface area contributed by atoms with E-state index in [1.807, 2.05) is 0 Å². The first-order valence-corrected chi connectivity index (χ1v) is 9.92. The average Bonchev–Trinajstić information content (AvgIpc) is 2.77. The summed E-state index contributed by atoms with van der Waals surface area (Å²) in [6, 6.07) is 10.0. The lowest BCUT2D eigenvalue weighted by atomic mass is 10.1. The molecule has 7 nitrogen and oxygen atoms in total. The topological polar surface area (TPSA) is 84.9 Å². The number of amides is 2. The lowest BCUT2D eigenvalue weighted by Crippen LogP contribution is -2.37. The van der Waals surface area contributed by atoms with Crippen molar-refractivity contribution in [3.63, 3.8) is 0 Å². The summed E-state index contributed by atoms with van der Waals surface area (Å²) in [5.74, 6) is -1.54. The van der Waals surface area contributed by atoms with Gasteiger partial charge in [0.15, 0.2) is 6.61 Å². The number of fused-ring (bicyclic) bond motifs is 1. The van der Waals surface area contributed by atoms with E-state index < -0.39 is 47.7 Å². The first kappa shape index (κ1) is 24.1. The molecule has 0 saturated carbocycles. The van der Waals surface area contributed by atoms with Crippen LogP contribution in [0.25, 0.3) is 6.08 Å². The Morgan fingerprint density at radius 3 is 2.64 bits per heavy atom. The lowest BCUT2D eigenvalue weighted by molar-refractivity contribution is -0.149. The number of anilines is 1. The number of esters is 1. The van der Waals surface area contributed by atoms with E-state index in [0.29, 0.717) is 17.4 Å². The number of hydrogen-bond donors (Lipinski definition) is 1. The van der Waals surface area contributed by atoms with Crippen molar-refractivity contribution in [2.75, 3.05) is 32.1 Å². The summed E-state index contributed by atoms with van der Waals surface area (Å²) in [5.41, 5.74) is -0.299. The maximum Gasteiger partial charge on any atom is 0.417 e. The highest BCUT2D eigenvalue weighted by Gasteiger charge is 2.33. The van der Waals surface area contributed by atoms with Crippen LogP contribution in [0.1, 0.15) is 11.1 Å². The van der Waals surface area contributed by atoms with Crippen LogP contribution in [0, 0.1) is 0 Å². The van der Waals surface area contributed by atoms with Gasteiger partial charge in [0.2, 0.25) is 5.91 Å². The summed E-state index contributed by atoms with van der Waals surface area (Å²) >= 11 is 5.55. The molecule has 2 aromatic carbocycles. The van der Waals surface area contributed by atoms with Crippen LogP contribution in [-0.4, -0.2) is 49.5 Å². The van der Waals surface area contributed by atoms with E-state index in [9.17, 15) is 27.6 Å². The number of nitrogens with zero attached hydrogens (tertiary/aromatic N) is 1. The first-order valence-electron chi connectivity index (χ1n) is 9.54. The smallest absolute Gasteiger partial charge is 0.417 e. The van der Waals surface area contributed by atoms with Gasteiger partial charge in [-0.2, -0.15) is 13.2 Å². The Bertz CT molecular complexity index is 1120. The largest absolute Gasteiger partial charge is 0.488 e. The first-order chi connectivity index (χ1) is 15.5. The molecule has 0 atom stereocenters. The predicted molar refractivity (Wildman–Crippen MR) is 114 cm³/mol. The fraction of sp³-hybridized carbons (Fsp3) is 0.227. The van der Waals surface area contributed by atoms with Crippen molar-refractivity contribution in [3.05, 3.63) is 64.2 Å². The van der Waals surface area contributed by atoms with Crippen LogP contribution >= 0.6 is 11.6 Å². The molecule has 0 fully saturated rings. The Balaban J connectivity index is 1.51. The van der Waals surface area contributed by atoms with E-state index in [4.69, 9.17) is 21.1 Å². The van der Waals surface area contributed by atoms with Crippen molar-refractivity contribution in [1.82, 2.24) is 4.90 Å². The monoisotopic (exact) mass is 482 g/mol. The number of halogens is 4. The minimum atomic E-state index is -4.69. The van der Waals surface area contributed by atoms with Gasteiger partial charge in [-0.3, -0.25) is 9.59 Å². The number of rotatable bonds is 6. The predicted octanol–water partition coefficient (Wildman–Crippen LogP) is 3.77. The molecule has 11 heteroatoms. The van der Waals surface area contributed by atoms with Crippen molar-refractivity contribution in [2.45, 2.75) is 6.18 Å². The molecule has 3 rings (SSSR count). The zero-order valence-corrected chi connectivity index (χ0v) is 18.0. The number of benzene rings is 2. The van der Waals surface area contributed by atoms with Gasteiger partial charge < -0.3 is 19.7 Å². The highest BCUT2D eigenvalue weighted by atomic mass is 35.5. The SMILES string of the molecule is CN(CC(=O)Nc1ccc(Cl)c(C(F)(F)F)c1)C(=O)COC(=O)C1=Cc2ccccc2OC1. The summed E-state index contributed by atoms with van der Waals surface area (Å²) in [6.07, 6.45) is -3.08. The van der Waals surface area contributed by atoms with Gasteiger partial charge >= 0.3 is 12.1 Å². The second-order valence-corrected chi connectivity index (χ2v) is 7.47. The molecule has 0 radical (unpaired) electrons. The summed E-state index contributed by atoms with van der Waals surface area (Å²) in [5, 5.41) is 1.77. The fourth-order valence-corrected chi connectivity index (χ4v) is 3.11. The molecule has 174 valence electrons. The van der Waals surface area contributed by atoms with E-state index in [1.165, 1.54) is 13.1 Å². The van der Waals surface area contributed by atoms with Gasteiger partial charge in [-0.1, -0.05) is 29.8 Å². The van der Waals surface area contributed by atoms with Gasteiger partial charge in [0.1, 0.15) is 12.4 Å². The fourth-order valence-electron chi connectivity index (χ4n) is 2.89. The Kier molecular flexibility index (Phi) is 7.27.